The zero-order valence-electron chi connectivity index (χ0n) is 16.3. The summed E-state index contributed by atoms with van der Waals surface area (Å²) in [5.74, 6) is -0.369. The molecule has 11 heteroatoms. The molecule has 3 aromatic rings. The molecule has 1 aromatic heterocycles. The van der Waals surface area contributed by atoms with Crippen LogP contribution in [0.2, 0.25) is 0 Å². The molecule has 1 atom stereocenters. The van der Waals surface area contributed by atoms with Gasteiger partial charge in [0.15, 0.2) is 0 Å². The van der Waals surface area contributed by atoms with Crippen LogP contribution in [0, 0.1) is 0 Å². The van der Waals surface area contributed by atoms with Crippen LogP contribution in [0.5, 0.6) is 5.75 Å². The van der Waals surface area contributed by atoms with Gasteiger partial charge in [0.1, 0.15) is 17.1 Å². The molecule has 0 aliphatic carbocycles. The fraction of sp³-hybridized carbons (Fsp3) is 0.250. The molecule has 0 saturated carbocycles. The second-order valence-electron chi connectivity index (χ2n) is 6.64. The molecule has 0 aliphatic rings. The van der Waals surface area contributed by atoms with E-state index in [4.69, 9.17) is 4.42 Å². The van der Waals surface area contributed by atoms with Crippen molar-refractivity contribution in [2.75, 3.05) is 6.54 Å². The minimum atomic E-state index is -4.87. The van der Waals surface area contributed by atoms with E-state index in [1.807, 2.05) is 30.3 Å². The number of carbonyl (C=O) groups excluding carboxylic acids is 1. The molecule has 1 heterocycles. The van der Waals surface area contributed by atoms with Crippen LogP contribution < -0.4 is 14.8 Å². The van der Waals surface area contributed by atoms with E-state index in [0.29, 0.717) is 11.3 Å². The van der Waals surface area contributed by atoms with Crippen LogP contribution in [-0.4, -0.2) is 27.2 Å². The molecule has 0 bridgehead atoms. The molecule has 0 fully saturated rings. The molecule has 3 rings (SSSR count). The molecule has 0 spiro atoms. The summed E-state index contributed by atoms with van der Waals surface area (Å²) in [6, 6.07) is 12.5. The number of carbonyl (C=O) groups is 1. The van der Waals surface area contributed by atoms with Crippen molar-refractivity contribution in [3.8, 4) is 5.75 Å². The number of amides is 1. The molecule has 2 N–H and O–H groups in total. The number of hydrogen-bond acceptors (Lipinski definition) is 5. The summed E-state index contributed by atoms with van der Waals surface area (Å²) < 4.78 is 72.6. The first kappa shape index (κ1) is 22.6. The second-order valence-corrected chi connectivity index (χ2v) is 8.41. The molecular weight excluding hydrogens is 437 g/mol. The van der Waals surface area contributed by atoms with E-state index in [1.165, 1.54) is 0 Å². The Kier molecular flexibility index (Phi) is 6.56. The fourth-order valence-corrected chi connectivity index (χ4v) is 3.84. The third-order valence-corrected chi connectivity index (χ3v) is 5.74. The summed E-state index contributed by atoms with van der Waals surface area (Å²) >= 11 is 0. The van der Waals surface area contributed by atoms with Crippen molar-refractivity contribution < 1.29 is 35.5 Å². The van der Waals surface area contributed by atoms with Crippen LogP contribution in [0.25, 0.3) is 11.0 Å². The topological polar surface area (TPSA) is 97.6 Å². The van der Waals surface area contributed by atoms with E-state index in [-0.39, 0.29) is 17.9 Å². The lowest BCUT2D eigenvalue weighted by Crippen LogP contribution is -2.32. The van der Waals surface area contributed by atoms with Gasteiger partial charge < -0.3 is 14.5 Å². The lowest BCUT2D eigenvalue weighted by atomic mass is 10.2. The Balaban J connectivity index is 1.50. The third-order valence-electron chi connectivity index (χ3n) is 4.26. The molecule has 1 unspecified atom stereocenters. The number of para-hydroxylation sites is 1. The van der Waals surface area contributed by atoms with Crippen LogP contribution in [0.4, 0.5) is 13.2 Å². The Morgan fingerprint density at radius 2 is 1.81 bits per heavy atom. The number of alkyl halides is 3. The maximum atomic E-state index is 12.2. The van der Waals surface area contributed by atoms with Crippen molar-refractivity contribution in [2.24, 2.45) is 0 Å². The summed E-state index contributed by atoms with van der Waals surface area (Å²) in [5.41, 5.74) is 0.693. The normalized spacial score (nSPS) is 13.2. The van der Waals surface area contributed by atoms with Gasteiger partial charge in [0.2, 0.25) is 15.9 Å². The van der Waals surface area contributed by atoms with Crippen molar-refractivity contribution in [2.45, 2.75) is 30.6 Å². The van der Waals surface area contributed by atoms with Gasteiger partial charge in [-0.1, -0.05) is 18.2 Å². The SMILES string of the molecule is CC(NC(=O)CCNS(=O)(=O)c1ccc(OC(F)(F)F)cc1)c1cc2ccccc2o1. The van der Waals surface area contributed by atoms with Gasteiger partial charge in [0.25, 0.3) is 0 Å². The first-order valence-corrected chi connectivity index (χ1v) is 10.7. The Morgan fingerprint density at radius 1 is 1.13 bits per heavy atom. The van der Waals surface area contributed by atoms with Crippen LogP contribution in [0.15, 0.2) is 63.9 Å². The lowest BCUT2D eigenvalue weighted by Gasteiger charge is -2.12. The summed E-state index contributed by atoms with van der Waals surface area (Å²) in [6.45, 7) is 1.55. The van der Waals surface area contributed by atoms with E-state index < -0.39 is 34.1 Å². The highest BCUT2D eigenvalue weighted by molar-refractivity contribution is 7.89. The Morgan fingerprint density at radius 3 is 2.45 bits per heavy atom. The van der Waals surface area contributed by atoms with E-state index in [1.54, 1.807) is 6.92 Å². The molecule has 0 radical (unpaired) electrons. The van der Waals surface area contributed by atoms with Crippen molar-refractivity contribution in [1.82, 2.24) is 10.0 Å². The monoisotopic (exact) mass is 456 g/mol. The number of sulfonamides is 1. The van der Waals surface area contributed by atoms with Gasteiger partial charge >= 0.3 is 6.36 Å². The quantitative estimate of drug-likeness (QED) is 0.536. The summed E-state index contributed by atoms with van der Waals surface area (Å²) in [7, 11) is -4.00. The minimum Gasteiger partial charge on any atom is -0.459 e. The predicted octanol–water partition coefficient (Wildman–Crippen LogP) is 3.88. The molecule has 31 heavy (non-hydrogen) atoms. The average molecular weight is 456 g/mol. The Labute approximate surface area is 176 Å². The summed E-state index contributed by atoms with van der Waals surface area (Å²) in [6.07, 6.45) is -5.01. The molecule has 7 nitrogen and oxygen atoms in total. The number of benzene rings is 2. The van der Waals surface area contributed by atoms with Crippen LogP contribution in [-0.2, 0) is 14.8 Å². The van der Waals surface area contributed by atoms with Gasteiger partial charge in [-0.05, 0) is 43.3 Å². The molecule has 0 saturated heterocycles. The zero-order valence-corrected chi connectivity index (χ0v) is 17.1. The number of furan rings is 1. The second kappa shape index (κ2) is 8.98. The number of rotatable bonds is 8. The van der Waals surface area contributed by atoms with Gasteiger partial charge in [-0.2, -0.15) is 0 Å². The molecular formula is C20H19F3N2O5S. The maximum absolute atomic E-state index is 12.2. The molecule has 2 aromatic carbocycles. The van der Waals surface area contributed by atoms with Crippen LogP contribution in [0.3, 0.4) is 0 Å². The fourth-order valence-electron chi connectivity index (χ4n) is 2.80. The third kappa shape index (κ3) is 6.22. The minimum absolute atomic E-state index is 0.140. The zero-order chi connectivity index (χ0) is 22.6. The highest BCUT2D eigenvalue weighted by Crippen LogP contribution is 2.24. The van der Waals surface area contributed by atoms with Crippen molar-refractivity contribution in [1.29, 1.82) is 0 Å². The molecule has 0 aliphatic heterocycles. The van der Waals surface area contributed by atoms with Crippen LogP contribution in [0.1, 0.15) is 25.1 Å². The first-order valence-electron chi connectivity index (χ1n) is 9.17. The lowest BCUT2D eigenvalue weighted by molar-refractivity contribution is -0.274. The van der Waals surface area contributed by atoms with Gasteiger partial charge in [-0.3, -0.25) is 4.79 Å². The van der Waals surface area contributed by atoms with Crippen molar-refractivity contribution in [3.05, 3.63) is 60.4 Å². The van der Waals surface area contributed by atoms with Crippen molar-refractivity contribution >= 4 is 26.9 Å². The average Bonchev–Trinajstić information content (AvgIpc) is 3.11. The van der Waals surface area contributed by atoms with Gasteiger partial charge in [0, 0.05) is 18.4 Å². The number of fused-ring (bicyclic) bond motifs is 1. The number of halogens is 3. The van der Waals surface area contributed by atoms with Gasteiger partial charge in [0.05, 0.1) is 10.9 Å². The Bertz CT molecular complexity index is 1120. The van der Waals surface area contributed by atoms with Gasteiger partial charge in [-0.15, -0.1) is 13.2 Å². The number of hydrogen-bond donors (Lipinski definition) is 2. The van der Waals surface area contributed by atoms with E-state index in [0.717, 1.165) is 29.7 Å². The highest BCUT2D eigenvalue weighted by atomic mass is 32.2. The number of ether oxygens (including phenoxy) is 1. The largest absolute Gasteiger partial charge is 0.573 e. The smallest absolute Gasteiger partial charge is 0.459 e. The number of nitrogens with one attached hydrogen (secondary N) is 2. The van der Waals surface area contributed by atoms with Crippen LogP contribution >= 0.6 is 0 Å². The van der Waals surface area contributed by atoms with E-state index in [2.05, 4.69) is 14.8 Å². The molecule has 1 amide bonds. The standard InChI is InChI=1S/C20H19F3N2O5S/c1-13(18-12-14-4-2-3-5-17(14)29-18)25-19(26)10-11-24-31(27,28)16-8-6-15(7-9-16)30-20(21,22)23/h2-9,12-13,24H,10-11H2,1H3,(H,25,26). The van der Waals surface area contributed by atoms with Crippen molar-refractivity contribution in [3.63, 3.8) is 0 Å². The predicted molar refractivity (Wildman–Crippen MR) is 106 cm³/mol. The maximum Gasteiger partial charge on any atom is 0.573 e. The van der Waals surface area contributed by atoms with Gasteiger partial charge in [-0.25, -0.2) is 13.1 Å². The first-order chi connectivity index (χ1) is 14.5. The molecule has 166 valence electrons. The van der Waals surface area contributed by atoms with E-state index in [9.17, 15) is 26.4 Å². The highest BCUT2D eigenvalue weighted by Gasteiger charge is 2.31. The Hall–Kier alpha value is -3.05. The summed E-state index contributed by atoms with van der Waals surface area (Å²) in [4.78, 5) is 11.9. The summed E-state index contributed by atoms with van der Waals surface area (Å²) in [5, 5.41) is 3.62. The van der Waals surface area contributed by atoms with E-state index >= 15 is 0 Å².